The number of carboxylic acids is 1. The van der Waals surface area contributed by atoms with Crippen LogP contribution in [0.1, 0.15) is 28.8 Å². The van der Waals surface area contributed by atoms with E-state index in [1.807, 2.05) is 6.07 Å². The van der Waals surface area contributed by atoms with Gasteiger partial charge in [-0.25, -0.2) is 4.79 Å². The quantitative estimate of drug-likeness (QED) is 0.685. The molecule has 0 heterocycles. The average Bonchev–Trinajstić information content (AvgIpc) is 2.48. The number of carboxylic acid groups (broad SMARTS) is 1. The van der Waals surface area contributed by atoms with Gasteiger partial charge in [0.05, 0.1) is 11.5 Å². The molecule has 20 heavy (non-hydrogen) atoms. The molecule has 0 unspecified atom stereocenters. The monoisotopic (exact) mass is 270 g/mol. The van der Waals surface area contributed by atoms with Crippen LogP contribution in [0.25, 0.3) is 0 Å². The Kier molecular flexibility index (Phi) is 4.15. The molecule has 0 radical (unpaired) electrons. The molecule has 0 aliphatic carbocycles. The van der Waals surface area contributed by atoms with Crippen molar-refractivity contribution >= 4 is 11.9 Å². The molecule has 0 amide bonds. The molecule has 102 valence electrons. The molecule has 0 bridgehead atoms. The van der Waals surface area contributed by atoms with E-state index in [9.17, 15) is 9.59 Å². The number of benzene rings is 2. The van der Waals surface area contributed by atoms with Crippen LogP contribution in [0.2, 0.25) is 0 Å². The zero-order valence-corrected chi connectivity index (χ0v) is 10.9. The fourth-order valence-corrected chi connectivity index (χ4v) is 1.71. The fraction of sp³-hybridized carbons (Fsp3) is 0.125. The van der Waals surface area contributed by atoms with Crippen LogP contribution in [0.4, 0.5) is 0 Å². The third-order valence-corrected chi connectivity index (χ3v) is 2.97. The highest BCUT2D eigenvalue weighted by Gasteiger charge is 2.14. The van der Waals surface area contributed by atoms with E-state index in [1.54, 1.807) is 55.5 Å². The van der Waals surface area contributed by atoms with E-state index in [0.29, 0.717) is 16.9 Å². The van der Waals surface area contributed by atoms with Crippen LogP contribution < -0.4 is 4.74 Å². The third kappa shape index (κ3) is 3.23. The topological polar surface area (TPSA) is 63.6 Å². The molecule has 0 aliphatic heterocycles. The maximum atomic E-state index is 11.8. The van der Waals surface area contributed by atoms with Gasteiger partial charge in [-0.3, -0.25) is 4.79 Å². The van der Waals surface area contributed by atoms with E-state index in [2.05, 4.69) is 0 Å². The van der Waals surface area contributed by atoms with Gasteiger partial charge >= 0.3 is 11.9 Å². The van der Waals surface area contributed by atoms with Crippen LogP contribution >= 0.6 is 0 Å². The van der Waals surface area contributed by atoms with Gasteiger partial charge in [-0.15, -0.1) is 0 Å². The zero-order chi connectivity index (χ0) is 14.5. The molecular weight excluding hydrogens is 256 g/mol. The summed E-state index contributed by atoms with van der Waals surface area (Å²) in [5.74, 6) is -1.53. The number of carbonyl (C=O) groups is 2. The van der Waals surface area contributed by atoms with Gasteiger partial charge in [0, 0.05) is 0 Å². The molecular formula is C16H14O4. The molecule has 0 saturated carbocycles. The van der Waals surface area contributed by atoms with Crippen LogP contribution in [0.3, 0.4) is 0 Å². The van der Waals surface area contributed by atoms with E-state index in [-0.39, 0.29) is 0 Å². The van der Waals surface area contributed by atoms with Gasteiger partial charge in [-0.05, 0) is 36.8 Å². The van der Waals surface area contributed by atoms with E-state index in [4.69, 9.17) is 9.84 Å². The lowest BCUT2D eigenvalue weighted by Gasteiger charge is -2.08. The van der Waals surface area contributed by atoms with Crippen molar-refractivity contribution in [1.82, 2.24) is 0 Å². The molecule has 2 aromatic rings. The number of esters is 1. The van der Waals surface area contributed by atoms with E-state index >= 15 is 0 Å². The van der Waals surface area contributed by atoms with Crippen molar-refractivity contribution in [3.8, 4) is 5.75 Å². The van der Waals surface area contributed by atoms with Crippen LogP contribution in [-0.2, 0) is 4.79 Å². The Hall–Kier alpha value is -2.62. The van der Waals surface area contributed by atoms with Crippen molar-refractivity contribution in [3.05, 3.63) is 65.7 Å². The van der Waals surface area contributed by atoms with Crippen LogP contribution in [0.5, 0.6) is 5.75 Å². The second kappa shape index (κ2) is 6.02. The molecule has 4 nitrogen and oxygen atoms in total. The Morgan fingerprint density at radius 1 is 1.00 bits per heavy atom. The second-order valence-corrected chi connectivity index (χ2v) is 4.38. The fourth-order valence-electron chi connectivity index (χ4n) is 1.71. The van der Waals surface area contributed by atoms with Crippen molar-refractivity contribution in [1.29, 1.82) is 0 Å². The Morgan fingerprint density at radius 2 is 1.60 bits per heavy atom. The molecule has 1 atom stereocenters. The summed E-state index contributed by atoms with van der Waals surface area (Å²) in [5, 5.41) is 8.91. The number of ether oxygens (including phenoxy) is 1. The first-order valence-electron chi connectivity index (χ1n) is 6.18. The number of carbonyl (C=O) groups excluding carboxylic acids is 1. The minimum absolute atomic E-state index is 0.389. The normalized spacial score (nSPS) is 11.7. The standard InChI is InChI=1S/C16H14O4/c1-11(15(17)18)12-7-9-14(10-8-12)20-16(19)13-5-3-2-4-6-13/h2-11H,1H3,(H,17,18)/t11-/m1/s1. The number of rotatable bonds is 4. The highest BCUT2D eigenvalue weighted by atomic mass is 16.5. The molecule has 4 heteroatoms. The molecule has 0 aliphatic rings. The van der Waals surface area contributed by atoms with Crippen molar-refractivity contribution in [3.63, 3.8) is 0 Å². The Balaban J connectivity index is 2.08. The van der Waals surface area contributed by atoms with Gasteiger partial charge in [0.25, 0.3) is 0 Å². The number of aliphatic carboxylic acids is 1. The van der Waals surface area contributed by atoms with Crippen LogP contribution in [-0.4, -0.2) is 17.0 Å². The summed E-state index contributed by atoms with van der Waals surface area (Å²) in [6, 6.07) is 15.2. The molecule has 0 saturated heterocycles. The van der Waals surface area contributed by atoms with E-state index in [0.717, 1.165) is 0 Å². The summed E-state index contributed by atoms with van der Waals surface area (Å²) < 4.78 is 5.21. The lowest BCUT2D eigenvalue weighted by atomic mass is 10.0. The van der Waals surface area contributed by atoms with Crippen molar-refractivity contribution in [2.24, 2.45) is 0 Å². The minimum Gasteiger partial charge on any atom is -0.481 e. The molecule has 0 fully saturated rings. The first kappa shape index (κ1) is 13.8. The molecule has 1 N–H and O–H groups in total. The first-order chi connectivity index (χ1) is 9.58. The third-order valence-electron chi connectivity index (χ3n) is 2.97. The van der Waals surface area contributed by atoms with Gasteiger partial charge in [-0.2, -0.15) is 0 Å². The predicted octanol–water partition coefficient (Wildman–Crippen LogP) is 3.09. The van der Waals surface area contributed by atoms with Gasteiger partial charge in [0.1, 0.15) is 5.75 Å². The molecule has 2 aromatic carbocycles. The molecule has 0 aromatic heterocycles. The molecule has 2 rings (SSSR count). The van der Waals surface area contributed by atoms with Crippen LogP contribution in [0.15, 0.2) is 54.6 Å². The Bertz CT molecular complexity index is 602. The summed E-state index contributed by atoms with van der Waals surface area (Å²) in [4.78, 5) is 22.7. The lowest BCUT2D eigenvalue weighted by Crippen LogP contribution is -2.09. The van der Waals surface area contributed by atoms with Gasteiger partial charge < -0.3 is 9.84 Å². The van der Waals surface area contributed by atoms with E-state index < -0.39 is 17.9 Å². The lowest BCUT2D eigenvalue weighted by molar-refractivity contribution is -0.138. The summed E-state index contributed by atoms with van der Waals surface area (Å²) in [6.07, 6.45) is 0. The minimum atomic E-state index is -0.890. The number of hydrogen-bond acceptors (Lipinski definition) is 3. The maximum Gasteiger partial charge on any atom is 0.343 e. The highest BCUT2D eigenvalue weighted by molar-refractivity contribution is 5.90. The highest BCUT2D eigenvalue weighted by Crippen LogP contribution is 2.20. The van der Waals surface area contributed by atoms with Gasteiger partial charge in [0.2, 0.25) is 0 Å². The first-order valence-corrected chi connectivity index (χ1v) is 6.18. The zero-order valence-electron chi connectivity index (χ0n) is 10.9. The Labute approximate surface area is 116 Å². The summed E-state index contributed by atoms with van der Waals surface area (Å²) in [5.41, 5.74) is 1.13. The summed E-state index contributed by atoms with van der Waals surface area (Å²) >= 11 is 0. The van der Waals surface area contributed by atoms with Crippen molar-refractivity contribution < 1.29 is 19.4 Å². The van der Waals surface area contributed by atoms with Crippen molar-refractivity contribution in [2.75, 3.05) is 0 Å². The Morgan fingerprint density at radius 3 is 2.15 bits per heavy atom. The summed E-state index contributed by atoms with van der Waals surface area (Å²) in [6.45, 7) is 1.60. The van der Waals surface area contributed by atoms with Crippen molar-refractivity contribution in [2.45, 2.75) is 12.8 Å². The molecule has 0 spiro atoms. The average molecular weight is 270 g/mol. The SMILES string of the molecule is C[C@@H](C(=O)O)c1ccc(OC(=O)c2ccccc2)cc1. The van der Waals surface area contributed by atoms with Crippen LogP contribution in [0, 0.1) is 0 Å². The predicted molar refractivity (Wildman–Crippen MR) is 73.9 cm³/mol. The van der Waals surface area contributed by atoms with Gasteiger partial charge in [-0.1, -0.05) is 30.3 Å². The number of hydrogen-bond donors (Lipinski definition) is 1. The second-order valence-electron chi connectivity index (χ2n) is 4.38. The summed E-state index contributed by atoms with van der Waals surface area (Å²) in [7, 11) is 0. The largest absolute Gasteiger partial charge is 0.481 e. The van der Waals surface area contributed by atoms with Gasteiger partial charge in [0.15, 0.2) is 0 Å². The maximum absolute atomic E-state index is 11.8. The van der Waals surface area contributed by atoms with E-state index in [1.165, 1.54) is 0 Å². The smallest absolute Gasteiger partial charge is 0.343 e.